The van der Waals surface area contributed by atoms with Crippen LogP contribution in [0, 0.1) is 0 Å². The van der Waals surface area contributed by atoms with Gasteiger partial charge in [-0.1, -0.05) is 19.1 Å². The summed E-state index contributed by atoms with van der Waals surface area (Å²) in [6.45, 7) is 7.12. The van der Waals surface area contributed by atoms with E-state index in [1.807, 2.05) is 24.0 Å². The van der Waals surface area contributed by atoms with Crippen LogP contribution in [0.4, 0.5) is 5.69 Å². The van der Waals surface area contributed by atoms with Gasteiger partial charge in [0.05, 0.1) is 6.54 Å². The molecular formula is C14H23N3O. The molecule has 0 aliphatic carbocycles. The lowest BCUT2D eigenvalue weighted by Gasteiger charge is -2.21. The van der Waals surface area contributed by atoms with Gasteiger partial charge in [0.1, 0.15) is 0 Å². The summed E-state index contributed by atoms with van der Waals surface area (Å²) < 4.78 is 0. The molecule has 1 amide bonds. The third-order valence-corrected chi connectivity index (χ3v) is 2.79. The molecule has 0 spiro atoms. The van der Waals surface area contributed by atoms with Crippen LogP contribution in [0.5, 0.6) is 0 Å². The minimum Gasteiger partial charge on any atom is -0.368 e. The summed E-state index contributed by atoms with van der Waals surface area (Å²) >= 11 is 0. The summed E-state index contributed by atoms with van der Waals surface area (Å²) in [5, 5.41) is 3.36. The summed E-state index contributed by atoms with van der Waals surface area (Å²) in [7, 11) is 0. The van der Waals surface area contributed by atoms with Crippen LogP contribution in [0.2, 0.25) is 0 Å². The molecule has 1 aromatic rings. The van der Waals surface area contributed by atoms with Crippen molar-refractivity contribution >= 4 is 11.6 Å². The van der Waals surface area contributed by atoms with Gasteiger partial charge in [0, 0.05) is 18.8 Å². The first-order valence-corrected chi connectivity index (χ1v) is 6.50. The van der Waals surface area contributed by atoms with E-state index < -0.39 is 0 Å². The molecule has 4 heteroatoms. The highest BCUT2D eigenvalue weighted by molar-refractivity contribution is 5.79. The van der Waals surface area contributed by atoms with Gasteiger partial charge in [-0.25, -0.2) is 0 Å². The standard InChI is InChI=1S/C14H23N3O/c1-3-9-16-10-12-5-7-13(8-6-12)17(4-2)11-14(15)18/h5-8,16H,3-4,9-11H2,1-2H3,(H2,15,18). The van der Waals surface area contributed by atoms with Crippen molar-refractivity contribution in [2.45, 2.75) is 26.8 Å². The lowest BCUT2D eigenvalue weighted by molar-refractivity contribution is -0.116. The van der Waals surface area contributed by atoms with E-state index >= 15 is 0 Å². The normalized spacial score (nSPS) is 10.3. The summed E-state index contributed by atoms with van der Waals surface area (Å²) in [6.07, 6.45) is 1.14. The molecule has 3 N–H and O–H groups in total. The number of benzene rings is 1. The minimum absolute atomic E-state index is 0.268. The van der Waals surface area contributed by atoms with Gasteiger partial charge in [-0.3, -0.25) is 4.79 Å². The maximum atomic E-state index is 11.0. The number of carbonyl (C=O) groups is 1. The third kappa shape index (κ3) is 4.75. The highest BCUT2D eigenvalue weighted by Gasteiger charge is 2.06. The molecular weight excluding hydrogens is 226 g/mol. The van der Waals surface area contributed by atoms with Gasteiger partial charge in [-0.05, 0) is 37.6 Å². The summed E-state index contributed by atoms with van der Waals surface area (Å²) in [4.78, 5) is 12.9. The zero-order valence-electron chi connectivity index (χ0n) is 11.3. The van der Waals surface area contributed by atoms with Crippen molar-refractivity contribution < 1.29 is 4.79 Å². The fourth-order valence-corrected chi connectivity index (χ4v) is 1.81. The number of hydrogen-bond donors (Lipinski definition) is 2. The maximum absolute atomic E-state index is 11.0. The molecule has 0 fully saturated rings. The van der Waals surface area contributed by atoms with Crippen molar-refractivity contribution in [1.29, 1.82) is 0 Å². The van der Waals surface area contributed by atoms with Crippen LogP contribution in [-0.2, 0) is 11.3 Å². The summed E-state index contributed by atoms with van der Waals surface area (Å²) in [5.41, 5.74) is 7.52. The predicted molar refractivity (Wildman–Crippen MR) is 75.5 cm³/mol. The monoisotopic (exact) mass is 249 g/mol. The Balaban J connectivity index is 2.59. The van der Waals surface area contributed by atoms with Gasteiger partial charge in [0.25, 0.3) is 0 Å². The van der Waals surface area contributed by atoms with Crippen molar-refractivity contribution in [2.24, 2.45) is 5.73 Å². The van der Waals surface area contributed by atoms with E-state index in [0.717, 1.165) is 31.7 Å². The second-order valence-electron chi connectivity index (χ2n) is 4.32. The number of nitrogens with zero attached hydrogens (tertiary/aromatic N) is 1. The number of nitrogens with two attached hydrogens (primary N) is 1. The largest absolute Gasteiger partial charge is 0.368 e. The topological polar surface area (TPSA) is 58.4 Å². The van der Waals surface area contributed by atoms with E-state index in [0.29, 0.717) is 0 Å². The van der Waals surface area contributed by atoms with E-state index in [1.165, 1.54) is 5.56 Å². The zero-order chi connectivity index (χ0) is 13.4. The van der Waals surface area contributed by atoms with Gasteiger partial charge in [-0.2, -0.15) is 0 Å². The van der Waals surface area contributed by atoms with Gasteiger partial charge < -0.3 is 16.0 Å². The fourth-order valence-electron chi connectivity index (χ4n) is 1.81. The highest BCUT2D eigenvalue weighted by atomic mass is 16.1. The minimum atomic E-state index is -0.300. The van der Waals surface area contributed by atoms with Crippen molar-refractivity contribution in [3.63, 3.8) is 0 Å². The molecule has 0 saturated carbocycles. The Labute approximate surface area is 109 Å². The van der Waals surface area contributed by atoms with Gasteiger partial charge >= 0.3 is 0 Å². The van der Waals surface area contributed by atoms with E-state index in [4.69, 9.17) is 5.73 Å². The molecule has 0 aliphatic heterocycles. The van der Waals surface area contributed by atoms with Crippen LogP contribution >= 0.6 is 0 Å². The lowest BCUT2D eigenvalue weighted by Crippen LogP contribution is -2.33. The fraction of sp³-hybridized carbons (Fsp3) is 0.500. The Kier molecular flexibility index (Phi) is 6.22. The number of carbonyl (C=O) groups excluding carboxylic acids is 1. The molecule has 18 heavy (non-hydrogen) atoms. The molecule has 1 aromatic carbocycles. The molecule has 100 valence electrons. The Morgan fingerprint density at radius 2 is 1.94 bits per heavy atom. The van der Waals surface area contributed by atoms with Crippen LogP contribution in [0.3, 0.4) is 0 Å². The maximum Gasteiger partial charge on any atom is 0.236 e. The molecule has 0 heterocycles. The Hall–Kier alpha value is -1.55. The first-order chi connectivity index (χ1) is 8.67. The van der Waals surface area contributed by atoms with Crippen molar-refractivity contribution in [3.05, 3.63) is 29.8 Å². The van der Waals surface area contributed by atoms with E-state index in [2.05, 4.69) is 24.4 Å². The number of hydrogen-bond acceptors (Lipinski definition) is 3. The van der Waals surface area contributed by atoms with Crippen molar-refractivity contribution in [2.75, 3.05) is 24.5 Å². The lowest BCUT2D eigenvalue weighted by atomic mass is 10.2. The molecule has 0 aromatic heterocycles. The first kappa shape index (κ1) is 14.5. The summed E-state index contributed by atoms with van der Waals surface area (Å²) in [5.74, 6) is -0.300. The van der Waals surface area contributed by atoms with E-state index in [-0.39, 0.29) is 12.5 Å². The van der Waals surface area contributed by atoms with Crippen molar-refractivity contribution in [3.8, 4) is 0 Å². The molecule has 0 bridgehead atoms. The van der Waals surface area contributed by atoms with E-state index in [1.54, 1.807) is 0 Å². The van der Waals surface area contributed by atoms with Crippen LogP contribution in [-0.4, -0.2) is 25.5 Å². The Morgan fingerprint density at radius 3 is 2.44 bits per heavy atom. The number of likely N-dealkylation sites (N-methyl/N-ethyl adjacent to an activating group) is 1. The number of amides is 1. The average molecular weight is 249 g/mol. The molecule has 0 unspecified atom stereocenters. The second-order valence-corrected chi connectivity index (χ2v) is 4.32. The van der Waals surface area contributed by atoms with Crippen LogP contribution in [0.15, 0.2) is 24.3 Å². The molecule has 0 atom stereocenters. The third-order valence-electron chi connectivity index (χ3n) is 2.79. The molecule has 0 aliphatic rings. The molecule has 0 radical (unpaired) electrons. The predicted octanol–water partition coefficient (Wildman–Crippen LogP) is 1.50. The van der Waals surface area contributed by atoms with Crippen LogP contribution in [0.1, 0.15) is 25.8 Å². The van der Waals surface area contributed by atoms with Gasteiger partial charge in [-0.15, -0.1) is 0 Å². The van der Waals surface area contributed by atoms with Crippen LogP contribution in [0.25, 0.3) is 0 Å². The SMILES string of the molecule is CCCNCc1ccc(N(CC)CC(N)=O)cc1. The molecule has 0 saturated heterocycles. The summed E-state index contributed by atoms with van der Waals surface area (Å²) in [6, 6.07) is 8.24. The Morgan fingerprint density at radius 1 is 1.28 bits per heavy atom. The molecule has 1 rings (SSSR count). The number of nitrogens with one attached hydrogen (secondary N) is 1. The van der Waals surface area contributed by atoms with Crippen LogP contribution < -0.4 is 16.0 Å². The first-order valence-electron chi connectivity index (χ1n) is 6.50. The highest BCUT2D eigenvalue weighted by Crippen LogP contribution is 2.14. The Bertz CT molecular complexity index is 362. The van der Waals surface area contributed by atoms with Gasteiger partial charge in [0.2, 0.25) is 5.91 Å². The molecule has 4 nitrogen and oxygen atoms in total. The van der Waals surface area contributed by atoms with Gasteiger partial charge in [0.15, 0.2) is 0 Å². The second kappa shape index (κ2) is 7.71. The average Bonchev–Trinajstić information content (AvgIpc) is 2.37. The van der Waals surface area contributed by atoms with E-state index in [9.17, 15) is 4.79 Å². The van der Waals surface area contributed by atoms with Crippen molar-refractivity contribution in [1.82, 2.24) is 5.32 Å². The smallest absolute Gasteiger partial charge is 0.236 e. The number of anilines is 1. The number of rotatable bonds is 8. The zero-order valence-corrected chi connectivity index (χ0v) is 11.3. The number of primary amides is 1. The quantitative estimate of drug-likeness (QED) is 0.686.